The summed E-state index contributed by atoms with van der Waals surface area (Å²) in [6, 6.07) is 4.11. The molecule has 0 aliphatic carbocycles. The molecular formula is C13H18INO4S2. The van der Waals surface area contributed by atoms with Crippen molar-refractivity contribution < 1.29 is 18.3 Å². The molecule has 0 bridgehead atoms. The highest BCUT2D eigenvalue weighted by Gasteiger charge is 2.17. The van der Waals surface area contributed by atoms with Crippen LogP contribution in [0.25, 0.3) is 0 Å². The molecule has 0 unspecified atom stereocenters. The van der Waals surface area contributed by atoms with E-state index in [1.807, 2.05) is 28.8 Å². The quantitative estimate of drug-likeness (QED) is 0.453. The van der Waals surface area contributed by atoms with E-state index in [0.717, 1.165) is 25.0 Å². The number of halogens is 1. The highest BCUT2D eigenvalue weighted by Crippen LogP contribution is 2.18. The molecule has 21 heavy (non-hydrogen) atoms. The Morgan fingerprint density at radius 1 is 1.33 bits per heavy atom. The maximum Gasteiger partial charge on any atom is 0.336 e. The van der Waals surface area contributed by atoms with Crippen molar-refractivity contribution in [2.24, 2.45) is 0 Å². The summed E-state index contributed by atoms with van der Waals surface area (Å²) in [5, 5.41) is 9.03. The number of aromatic carboxylic acids is 1. The van der Waals surface area contributed by atoms with Gasteiger partial charge in [0.05, 0.1) is 10.5 Å². The standard InChI is InChI=1S/C13H18INO4S2/c1-20-8-4-2-3-7-15-21(18,19)10-5-6-12(14)11(9-10)13(16)17/h5-6,9,15H,2-4,7-8H2,1H3,(H,16,17). The summed E-state index contributed by atoms with van der Waals surface area (Å²) in [6.45, 7) is 0.366. The molecule has 1 aromatic carbocycles. The Balaban J connectivity index is 2.66. The van der Waals surface area contributed by atoms with Gasteiger partial charge in [-0.1, -0.05) is 6.42 Å². The van der Waals surface area contributed by atoms with E-state index in [-0.39, 0.29) is 10.5 Å². The van der Waals surface area contributed by atoms with Crippen molar-refractivity contribution in [2.75, 3.05) is 18.6 Å². The molecule has 0 aliphatic heterocycles. The summed E-state index contributed by atoms with van der Waals surface area (Å²) in [5.74, 6) is -0.0558. The minimum atomic E-state index is -3.65. The van der Waals surface area contributed by atoms with Gasteiger partial charge < -0.3 is 5.11 Å². The molecule has 0 aliphatic rings. The van der Waals surface area contributed by atoms with Crippen LogP contribution in [-0.2, 0) is 10.0 Å². The smallest absolute Gasteiger partial charge is 0.336 e. The Bertz CT molecular complexity index is 590. The van der Waals surface area contributed by atoms with Crippen LogP contribution in [0.3, 0.4) is 0 Å². The fourth-order valence-electron chi connectivity index (χ4n) is 1.67. The fraction of sp³-hybridized carbons (Fsp3) is 0.462. The van der Waals surface area contributed by atoms with E-state index in [2.05, 4.69) is 4.72 Å². The van der Waals surface area contributed by atoms with Crippen LogP contribution in [0.5, 0.6) is 0 Å². The summed E-state index contributed by atoms with van der Waals surface area (Å²) < 4.78 is 27.2. The van der Waals surface area contributed by atoms with Crippen molar-refractivity contribution in [1.29, 1.82) is 0 Å². The van der Waals surface area contributed by atoms with Gasteiger partial charge in [0.1, 0.15) is 0 Å². The first-order valence-corrected chi connectivity index (χ1v) is 10.4. The average Bonchev–Trinajstić information content (AvgIpc) is 2.42. The third-order valence-electron chi connectivity index (χ3n) is 2.80. The van der Waals surface area contributed by atoms with Gasteiger partial charge in [-0.25, -0.2) is 17.9 Å². The van der Waals surface area contributed by atoms with Crippen molar-refractivity contribution >= 4 is 50.3 Å². The highest BCUT2D eigenvalue weighted by molar-refractivity contribution is 14.1. The topological polar surface area (TPSA) is 83.5 Å². The number of carboxylic acids is 1. The Labute approximate surface area is 143 Å². The van der Waals surface area contributed by atoms with Crippen molar-refractivity contribution in [3.05, 3.63) is 27.3 Å². The maximum absolute atomic E-state index is 12.1. The summed E-state index contributed by atoms with van der Waals surface area (Å²) in [7, 11) is -3.65. The summed E-state index contributed by atoms with van der Waals surface area (Å²) in [4.78, 5) is 11.0. The summed E-state index contributed by atoms with van der Waals surface area (Å²) in [5.41, 5.74) is -0.00144. The zero-order chi connectivity index (χ0) is 15.9. The number of rotatable bonds is 9. The molecule has 1 rings (SSSR count). The zero-order valence-corrected chi connectivity index (χ0v) is 15.4. The molecule has 0 atom stereocenters. The number of thioether (sulfide) groups is 1. The monoisotopic (exact) mass is 443 g/mol. The predicted molar refractivity (Wildman–Crippen MR) is 93.5 cm³/mol. The molecule has 5 nitrogen and oxygen atoms in total. The highest BCUT2D eigenvalue weighted by atomic mass is 127. The Morgan fingerprint density at radius 3 is 2.67 bits per heavy atom. The second kappa shape index (κ2) is 8.96. The van der Waals surface area contributed by atoms with Gasteiger partial charge >= 0.3 is 5.97 Å². The van der Waals surface area contributed by atoms with Gasteiger partial charge in [0.25, 0.3) is 0 Å². The van der Waals surface area contributed by atoms with Gasteiger partial charge in [-0.15, -0.1) is 0 Å². The molecule has 0 heterocycles. The lowest BCUT2D eigenvalue weighted by Gasteiger charge is -2.08. The molecule has 118 valence electrons. The van der Waals surface area contributed by atoms with Gasteiger partial charge in [-0.2, -0.15) is 11.8 Å². The minimum absolute atomic E-state index is 0.00144. The lowest BCUT2D eigenvalue weighted by atomic mass is 10.2. The Hall–Kier alpha value is -0.320. The number of nitrogens with one attached hydrogen (secondary N) is 1. The molecular weight excluding hydrogens is 425 g/mol. The van der Waals surface area contributed by atoms with Gasteiger partial charge in [0.2, 0.25) is 10.0 Å². The van der Waals surface area contributed by atoms with E-state index in [9.17, 15) is 13.2 Å². The first kappa shape index (κ1) is 18.7. The number of sulfonamides is 1. The summed E-state index contributed by atoms with van der Waals surface area (Å²) >= 11 is 3.64. The van der Waals surface area contributed by atoms with Gasteiger partial charge in [0, 0.05) is 10.1 Å². The van der Waals surface area contributed by atoms with Crippen LogP contribution < -0.4 is 4.72 Å². The van der Waals surface area contributed by atoms with E-state index in [1.54, 1.807) is 11.8 Å². The number of carbonyl (C=O) groups is 1. The van der Waals surface area contributed by atoms with Crippen LogP contribution in [-0.4, -0.2) is 38.0 Å². The number of hydrogen-bond donors (Lipinski definition) is 2. The van der Waals surface area contributed by atoms with Crippen LogP contribution in [0, 0.1) is 3.57 Å². The third kappa shape index (κ3) is 6.13. The van der Waals surface area contributed by atoms with Gasteiger partial charge in [-0.05, 0) is 65.6 Å². The normalized spacial score (nSPS) is 11.5. The Kier molecular flexibility index (Phi) is 7.99. The van der Waals surface area contributed by atoms with Crippen LogP contribution >= 0.6 is 34.4 Å². The number of unbranched alkanes of at least 4 members (excludes halogenated alkanes) is 2. The Morgan fingerprint density at radius 2 is 2.05 bits per heavy atom. The average molecular weight is 443 g/mol. The van der Waals surface area contributed by atoms with Crippen molar-refractivity contribution in [2.45, 2.75) is 24.2 Å². The van der Waals surface area contributed by atoms with Gasteiger partial charge in [-0.3, -0.25) is 0 Å². The van der Waals surface area contributed by atoms with Crippen molar-refractivity contribution in [3.8, 4) is 0 Å². The fourth-order valence-corrected chi connectivity index (χ4v) is 3.83. The molecule has 0 fully saturated rings. The van der Waals surface area contributed by atoms with E-state index in [4.69, 9.17) is 5.11 Å². The summed E-state index contributed by atoms with van der Waals surface area (Å²) in [6.07, 6.45) is 4.85. The molecule has 0 amide bonds. The van der Waals surface area contributed by atoms with Crippen LogP contribution in [0.15, 0.2) is 23.1 Å². The van der Waals surface area contributed by atoms with Crippen LogP contribution in [0.4, 0.5) is 0 Å². The first-order valence-electron chi connectivity index (χ1n) is 6.40. The second-order valence-corrected chi connectivity index (χ2v) is 8.31. The lowest BCUT2D eigenvalue weighted by molar-refractivity contribution is 0.0695. The molecule has 1 aromatic rings. The van der Waals surface area contributed by atoms with Crippen LogP contribution in [0.1, 0.15) is 29.6 Å². The zero-order valence-electron chi connectivity index (χ0n) is 11.6. The van der Waals surface area contributed by atoms with Crippen molar-refractivity contribution in [1.82, 2.24) is 4.72 Å². The maximum atomic E-state index is 12.1. The van der Waals surface area contributed by atoms with Crippen molar-refractivity contribution in [3.63, 3.8) is 0 Å². The van der Waals surface area contributed by atoms with E-state index in [0.29, 0.717) is 10.1 Å². The molecule has 0 saturated heterocycles. The van der Waals surface area contributed by atoms with Crippen LogP contribution in [0.2, 0.25) is 0 Å². The van der Waals surface area contributed by atoms with E-state index in [1.165, 1.54) is 18.2 Å². The van der Waals surface area contributed by atoms with E-state index >= 15 is 0 Å². The SMILES string of the molecule is CSCCCCCNS(=O)(=O)c1ccc(I)c(C(=O)O)c1. The molecule has 8 heteroatoms. The number of hydrogen-bond acceptors (Lipinski definition) is 4. The molecule has 0 saturated carbocycles. The first-order chi connectivity index (χ1) is 9.88. The molecule has 0 aromatic heterocycles. The van der Waals surface area contributed by atoms with Gasteiger partial charge in [0.15, 0.2) is 0 Å². The largest absolute Gasteiger partial charge is 0.478 e. The predicted octanol–water partition coefficient (Wildman–Crippen LogP) is 2.80. The molecule has 2 N–H and O–H groups in total. The number of benzene rings is 1. The lowest BCUT2D eigenvalue weighted by Crippen LogP contribution is -2.25. The van der Waals surface area contributed by atoms with E-state index < -0.39 is 16.0 Å². The minimum Gasteiger partial charge on any atom is -0.478 e. The third-order valence-corrected chi connectivity index (χ3v) is 5.89. The molecule has 0 radical (unpaired) electrons. The molecule has 0 spiro atoms. The number of carboxylic acid groups (broad SMARTS) is 1. The second-order valence-electron chi connectivity index (χ2n) is 4.40.